The van der Waals surface area contributed by atoms with E-state index in [2.05, 4.69) is 9.48 Å². The summed E-state index contributed by atoms with van der Waals surface area (Å²) < 4.78 is 40.5. The lowest BCUT2D eigenvalue weighted by molar-refractivity contribution is -0.169. The Labute approximate surface area is 187 Å². The first kappa shape index (κ1) is 24.5. The lowest BCUT2D eigenvalue weighted by Crippen LogP contribution is -2.43. The van der Waals surface area contributed by atoms with Crippen molar-refractivity contribution >= 4 is 14.1 Å². The summed E-state index contributed by atoms with van der Waals surface area (Å²) in [4.78, 5) is 48.0. The molecule has 0 bridgehead atoms. The highest BCUT2D eigenvalue weighted by molar-refractivity contribution is 7.34. The van der Waals surface area contributed by atoms with Crippen molar-refractivity contribution in [3.8, 4) is 11.5 Å². The van der Waals surface area contributed by atoms with Gasteiger partial charge in [-0.25, -0.2) is 9.18 Å². The number of alkyl halides is 1. The molecule has 0 aliphatic carbocycles. The molecule has 2 N–H and O–H groups in total. The zero-order chi connectivity index (χ0) is 24.2. The van der Waals surface area contributed by atoms with Gasteiger partial charge in [0.15, 0.2) is 17.6 Å². The Morgan fingerprint density at radius 1 is 1.36 bits per heavy atom. The van der Waals surface area contributed by atoms with Crippen LogP contribution in [0.25, 0.3) is 0 Å². The summed E-state index contributed by atoms with van der Waals surface area (Å²) in [6.45, 7) is 1.44. The fourth-order valence-corrected chi connectivity index (χ4v) is 3.59. The SMILES string of the molecule is CC(=O)OCN=[P+]([O-])Oc1ccccc1OC[C@H]1O[C@@H](n2ccc(=O)[nH]c2=O)[C@](C)(F)[C@@H]1O. The van der Waals surface area contributed by atoms with Crippen molar-refractivity contribution < 1.29 is 37.9 Å². The molecule has 14 heteroatoms. The molecule has 0 saturated carbocycles. The molecular formula is C19H21FN3O9P. The Hall–Kier alpha value is -3.12. The average molecular weight is 485 g/mol. The number of benzene rings is 1. The Balaban J connectivity index is 1.71. The van der Waals surface area contributed by atoms with Gasteiger partial charge in [0.25, 0.3) is 5.56 Å². The summed E-state index contributed by atoms with van der Waals surface area (Å²) in [7, 11) is -2.58. The standard InChI is InChI=1S/C19H21FN3O9P/c1-11(24)30-10-21-33(28)32-13-6-4-3-5-12(13)29-9-14-16(26)19(2,20)17(31-14)23-8-7-15(25)22-18(23)27/h3-8,14,16-17,26H,9-10H2,1-2H3,(H,22,25,27)/t14-,16-,17-,19-/m1/s1. The third kappa shape index (κ3) is 5.82. The van der Waals surface area contributed by atoms with E-state index in [1.165, 1.54) is 19.1 Å². The van der Waals surface area contributed by atoms with Gasteiger partial charge in [-0.2, -0.15) is 0 Å². The molecule has 0 spiro atoms. The van der Waals surface area contributed by atoms with E-state index < -0.39 is 56.2 Å². The maximum absolute atomic E-state index is 15.2. The maximum Gasteiger partial charge on any atom is 0.398 e. The molecule has 1 unspecified atom stereocenters. The minimum Gasteiger partial charge on any atom is -0.575 e. The van der Waals surface area contributed by atoms with Gasteiger partial charge in [0.1, 0.15) is 18.8 Å². The Morgan fingerprint density at radius 3 is 2.73 bits per heavy atom. The number of rotatable bonds is 8. The van der Waals surface area contributed by atoms with Crippen LogP contribution in [0.15, 0.2) is 50.9 Å². The van der Waals surface area contributed by atoms with Crippen molar-refractivity contribution in [1.29, 1.82) is 0 Å². The van der Waals surface area contributed by atoms with Crippen LogP contribution >= 0.6 is 8.17 Å². The number of nitrogens with zero attached hydrogens (tertiary/aromatic N) is 2. The van der Waals surface area contributed by atoms with Crippen molar-refractivity contribution in [3.05, 3.63) is 57.4 Å². The summed E-state index contributed by atoms with van der Waals surface area (Å²) in [5, 5.41) is 10.4. The predicted octanol–water partition coefficient (Wildman–Crippen LogP) is 0.357. The van der Waals surface area contributed by atoms with Crippen molar-refractivity contribution in [1.82, 2.24) is 9.55 Å². The molecule has 5 atom stereocenters. The average Bonchev–Trinajstić information content (AvgIpc) is 2.96. The molecule has 1 aliphatic heterocycles. The van der Waals surface area contributed by atoms with Gasteiger partial charge < -0.3 is 24.2 Å². The molecule has 2 heterocycles. The number of para-hydroxylation sites is 2. The number of aliphatic hydroxyl groups excluding tert-OH is 1. The quantitative estimate of drug-likeness (QED) is 0.397. The summed E-state index contributed by atoms with van der Waals surface area (Å²) in [6.07, 6.45) is -3.32. The van der Waals surface area contributed by atoms with Crippen LogP contribution in [0, 0.1) is 0 Å². The number of hydrogen-bond acceptors (Lipinski definition) is 10. The van der Waals surface area contributed by atoms with Crippen LogP contribution in [-0.2, 0) is 14.3 Å². The Kier molecular flexibility index (Phi) is 7.59. The first-order chi connectivity index (χ1) is 15.6. The smallest absolute Gasteiger partial charge is 0.398 e. The first-order valence-electron chi connectivity index (χ1n) is 9.61. The number of aromatic nitrogens is 2. The van der Waals surface area contributed by atoms with E-state index >= 15 is 4.39 Å². The molecule has 0 amide bonds. The van der Waals surface area contributed by atoms with Crippen LogP contribution in [0.3, 0.4) is 0 Å². The Bertz CT molecular complexity index is 1150. The molecule has 1 aliphatic rings. The monoisotopic (exact) mass is 485 g/mol. The van der Waals surface area contributed by atoms with Crippen molar-refractivity contribution in [2.24, 2.45) is 4.74 Å². The highest BCUT2D eigenvalue weighted by Crippen LogP contribution is 2.41. The number of carbonyl (C=O) groups is 1. The zero-order valence-corrected chi connectivity index (χ0v) is 18.4. The number of carbonyl (C=O) groups excluding carboxylic acids is 1. The van der Waals surface area contributed by atoms with Crippen LogP contribution in [0.1, 0.15) is 20.1 Å². The molecule has 0 radical (unpaired) electrons. The molecule has 1 aromatic carbocycles. The molecule has 178 valence electrons. The molecule has 1 fully saturated rings. The van der Waals surface area contributed by atoms with E-state index in [0.29, 0.717) is 0 Å². The van der Waals surface area contributed by atoms with Gasteiger partial charge in [0.2, 0.25) is 12.5 Å². The van der Waals surface area contributed by atoms with Gasteiger partial charge >= 0.3 is 19.8 Å². The molecular weight excluding hydrogens is 464 g/mol. The topological polar surface area (TPSA) is 164 Å². The minimum atomic E-state index is -2.58. The molecule has 33 heavy (non-hydrogen) atoms. The van der Waals surface area contributed by atoms with Gasteiger partial charge in [-0.15, -0.1) is 0 Å². The number of H-pyrrole nitrogens is 1. The molecule has 12 nitrogen and oxygen atoms in total. The first-order valence-corrected chi connectivity index (χ1v) is 10.7. The van der Waals surface area contributed by atoms with Crippen LogP contribution < -0.4 is 25.4 Å². The molecule has 3 rings (SSSR count). The van der Waals surface area contributed by atoms with Gasteiger partial charge in [-0.05, 0) is 23.8 Å². The normalized spacial score (nSPS) is 25.0. The summed E-state index contributed by atoms with van der Waals surface area (Å²) in [5.41, 5.74) is -3.94. The van der Waals surface area contributed by atoms with Gasteiger partial charge in [-0.3, -0.25) is 23.7 Å². The highest BCUT2D eigenvalue weighted by Gasteiger charge is 2.55. The number of halogens is 1. The second-order valence-corrected chi connectivity index (χ2v) is 8.07. The predicted molar refractivity (Wildman–Crippen MR) is 109 cm³/mol. The molecule has 1 saturated heterocycles. The summed E-state index contributed by atoms with van der Waals surface area (Å²) >= 11 is 0. The number of hydrogen-bond donors (Lipinski definition) is 2. The summed E-state index contributed by atoms with van der Waals surface area (Å²) in [6, 6.07) is 7.12. The van der Waals surface area contributed by atoms with Gasteiger partial charge in [0.05, 0.1) is 0 Å². The van der Waals surface area contributed by atoms with Crippen LogP contribution in [0.2, 0.25) is 0 Å². The lowest BCUT2D eigenvalue weighted by atomic mass is 9.98. The van der Waals surface area contributed by atoms with E-state index in [4.69, 9.17) is 14.0 Å². The minimum absolute atomic E-state index is 0.0362. The van der Waals surface area contributed by atoms with Gasteiger partial charge in [0, 0.05) is 19.2 Å². The van der Waals surface area contributed by atoms with E-state index in [-0.39, 0.29) is 18.1 Å². The van der Waals surface area contributed by atoms with Crippen LogP contribution in [0.5, 0.6) is 11.5 Å². The van der Waals surface area contributed by atoms with E-state index in [0.717, 1.165) is 23.8 Å². The largest absolute Gasteiger partial charge is 0.575 e. The number of aliphatic hydroxyl groups is 1. The Morgan fingerprint density at radius 2 is 2.06 bits per heavy atom. The lowest BCUT2D eigenvalue weighted by Gasteiger charge is -2.24. The second-order valence-electron chi connectivity index (χ2n) is 7.13. The second kappa shape index (κ2) is 10.2. The molecule has 1 aromatic heterocycles. The highest BCUT2D eigenvalue weighted by atomic mass is 31.1. The van der Waals surface area contributed by atoms with Crippen molar-refractivity contribution in [2.45, 2.75) is 38.0 Å². The number of esters is 1. The van der Waals surface area contributed by atoms with Crippen molar-refractivity contribution in [3.63, 3.8) is 0 Å². The fourth-order valence-electron chi connectivity index (χ4n) is 3.06. The van der Waals surface area contributed by atoms with E-state index in [1.807, 2.05) is 4.98 Å². The molecule has 2 aromatic rings. The van der Waals surface area contributed by atoms with Crippen LogP contribution in [0.4, 0.5) is 4.39 Å². The van der Waals surface area contributed by atoms with Gasteiger partial charge in [-0.1, -0.05) is 12.1 Å². The maximum atomic E-state index is 15.2. The fraction of sp³-hybridized carbons (Fsp3) is 0.421. The number of aromatic amines is 1. The number of ether oxygens (including phenoxy) is 3. The zero-order valence-electron chi connectivity index (χ0n) is 17.5. The third-order valence-corrected chi connectivity index (χ3v) is 5.39. The third-order valence-electron chi connectivity index (χ3n) is 4.69. The van der Waals surface area contributed by atoms with E-state index in [9.17, 15) is 24.4 Å². The van der Waals surface area contributed by atoms with E-state index in [1.54, 1.807) is 12.1 Å². The van der Waals surface area contributed by atoms with Crippen molar-refractivity contribution in [2.75, 3.05) is 13.3 Å². The number of nitrogens with one attached hydrogen (secondary N) is 1. The van der Waals surface area contributed by atoms with Crippen LogP contribution in [-0.4, -0.2) is 51.8 Å². The summed E-state index contributed by atoms with van der Waals surface area (Å²) in [5.74, 6) is -0.457.